The third-order valence-corrected chi connectivity index (χ3v) is 7.53. The number of hydrogen-bond donors (Lipinski definition) is 0. The fourth-order valence-electron chi connectivity index (χ4n) is 2.55. The van der Waals surface area contributed by atoms with Crippen LogP contribution >= 0.6 is 18.9 Å². The topological polar surface area (TPSA) is 82.7 Å². The lowest BCUT2D eigenvalue weighted by Gasteiger charge is -2.08. The second-order valence-electron chi connectivity index (χ2n) is 6.21. The van der Waals surface area contributed by atoms with Crippen LogP contribution < -0.4 is 11.1 Å². The van der Waals surface area contributed by atoms with Gasteiger partial charge < -0.3 is 9.13 Å². The van der Waals surface area contributed by atoms with Crippen molar-refractivity contribution in [3.63, 3.8) is 0 Å². The quantitative estimate of drug-likeness (QED) is 0.473. The molecule has 26 heavy (non-hydrogen) atoms. The summed E-state index contributed by atoms with van der Waals surface area (Å²) in [7, 11) is -2.25. The Morgan fingerprint density at radius 2 is 1.88 bits per heavy atom. The van der Waals surface area contributed by atoms with E-state index in [0.717, 1.165) is 4.88 Å². The van der Waals surface area contributed by atoms with Crippen molar-refractivity contribution in [2.75, 3.05) is 18.5 Å². The van der Waals surface area contributed by atoms with Crippen LogP contribution in [0.25, 0.3) is 10.6 Å². The van der Waals surface area contributed by atoms with Crippen molar-refractivity contribution in [2.24, 2.45) is 0 Å². The first kappa shape index (κ1) is 17.2. The van der Waals surface area contributed by atoms with Gasteiger partial charge in [-0.15, -0.1) is 16.4 Å². The lowest BCUT2D eigenvalue weighted by Crippen LogP contribution is -2.41. The number of halogens is 1. The molecule has 0 radical (unpaired) electrons. The molecule has 0 aromatic carbocycles. The molecule has 0 amide bonds. The highest BCUT2D eigenvalue weighted by Crippen LogP contribution is 2.73. The summed E-state index contributed by atoms with van der Waals surface area (Å²) >= 11 is 1.47. The molecule has 1 saturated heterocycles. The molecule has 0 aliphatic carbocycles. The summed E-state index contributed by atoms with van der Waals surface area (Å²) < 4.78 is 16.4. The number of aryl methyl sites for hydroxylation is 1. The van der Waals surface area contributed by atoms with Crippen LogP contribution in [0.1, 0.15) is 5.69 Å². The minimum Gasteiger partial charge on any atom is -0.306 e. The van der Waals surface area contributed by atoms with Crippen LogP contribution in [0.15, 0.2) is 45.8 Å². The molecule has 0 N–H and O–H groups in total. The van der Waals surface area contributed by atoms with Crippen molar-refractivity contribution in [3.8, 4) is 10.6 Å². The Balaban J connectivity index is 1.50. The molecule has 7 nitrogen and oxygen atoms in total. The van der Waals surface area contributed by atoms with Crippen LogP contribution in [0, 0.1) is 0 Å². The van der Waals surface area contributed by atoms with Crippen LogP contribution in [0.2, 0.25) is 0 Å². The number of aromatic nitrogens is 5. The predicted octanol–water partition coefficient (Wildman–Crippen LogP) is 1.89. The normalized spacial score (nSPS) is 15.1. The van der Waals surface area contributed by atoms with Gasteiger partial charge in [0.15, 0.2) is 0 Å². The summed E-state index contributed by atoms with van der Waals surface area (Å²) in [6, 6.07) is 3.58. The zero-order chi connectivity index (χ0) is 18.1. The molecular formula is C16H16FN5O2PS+. The Morgan fingerprint density at radius 3 is 2.54 bits per heavy atom. The SMILES string of the molecule is O=c1c(=O)n(Cc2ccc(-c3cncs3)nn2)ccn1CC[P+]1(F)CC1. The maximum atomic E-state index is 13.8. The lowest BCUT2D eigenvalue weighted by molar-refractivity contribution is 0.641. The van der Waals surface area contributed by atoms with Crippen LogP contribution in [0.4, 0.5) is 4.20 Å². The zero-order valence-electron chi connectivity index (χ0n) is 13.8. The number of nitrogens with zero attached hydrogens (tertiary/aromatic N) is 5. The van der Waals surface area contributed by atoms with Gasteiger partial charge in [0.1, 0.15) is 24.2 Å². The first-order valence-corrected chi connectivity index (χ1v) is 11.2. The highest BCUT2D eigenvalue weighted by molar-refractivity contribution is 7.78. The van der Waals surface area contributed by atoms with Crippen LogP contribution in [0.3, 0.4) is 0 Å². The van der Waals surface area contributed by atoms with Crippen molar-refractivity contribution in [1.82, 2.24) is 24.3 Å². The summed E-state index contributed by atoms with van der Waals surface area (Å²) in [6.45, 7) is 0.424. The van der Waals surface area contributed by atoms with E-state index < -0.39 is 18.7 Å². The average Bonchev–Trinajstić information content (AvgIpc) is 3.15. The Labute approximate surface area is 152 Å². The molecule has 10 heteroatoms. The van der Waals surface area contributed by atoms with E-state index in [9.17, 15) is 13.8 Å². The van der Waals surface area contributed by atoms with Crippen molar-refractivity contribution in [3.05, 3.63) is 62.6 Å². The van der Waals surface area contributed by atoms with Gasteiger partial charge in [-0.1, -0.05) is 4.20 Å². The third kappa shape index (κ3) is 3.64. The number of rotatable bonds is 6. The summed E-state index contributed by atoms with van der Waals surface area (Å²) in [5.74, 6) is 0. The third-order valence-electron chi connectivity index (χ3n) is 4.32. The largest absolute Gasteiger partial charge is 0.316 e. The standard InChI is InChI=1S/C16H16FN5O2PS/c17-25(7-8-25)6-5-21-3-4-22(16(24)15(21)23)10-12-1-2-13(20-19-12)14-9-18-11-26-14/h1-4,9,11H,5-8,10H2/q+1. The van der Waals surface area contributed by atoms with E-state index in [0.29, 0.717) is 29.9 Å². The zero-order valence-corrected chi connectivity index (χ0v) is 15.5. The molecular weight excluding hydrogens is 376 g/mol. The molecule has 1 fully saturated rings. The Bertz CT molecular complexity index is 1030. The summed E-state index contributed by atoms with van der Waals surface area (Å²) in [5.41, 5.74) is 1.74. The highest BCUT2D eigenvalue weighted by atomic mass is 32.1. The Morgan fingerprint density at radius 1 is 1.12 bits per heavy atom. The van der Waals surface area contributed by atoms with E-state index >= 15 is 0 Å². The van der Waals surface area contributed by atoms with Gasteiger partial charge in [0.05, 0.1) is 29.2 Å². The minimum atomic E-state index is -2.25. The molecule has 0 unspecified atom stereocenters. The molecule has 1 aliphatic heterocycles. The Kier molecular flexibility index (Phi) is 4.50. The first-order valence-electron chi connectivity index (χ1n) is 8.11. The molecule has 0 saturated carbocycles. The van der Waals surface area contributed by atoms with Gasteiger partial charge in [0, 0.05) is 18.6 Å². The molecule has 0 spiro atoms. The second-order valence-corrected chi connectivity index (χ2v) is 10.5. The van der Waals surface area contributed by atoms with E-state index in [1.54, 1.807) is 30.2 Å². The summed E-state index contributed by atoms with van der Waals surface area (Å²) in [4.78, 5) is 29.4. The van der Waals surface area contributed by atoms with Crippen molar-refractivity contribution >= 4 is 18.9 Å². The average molecular weight is 392 g/mol. The van der Waals surface area contributed by atoms with E-state index in [1.807, 2.05) is 6.07 Å². The molecule has 1 aliphatic rings. The fourth-order valence-corrected chi connectivity index (χ4v) is 5.03. The van der Waals surface area contributed by atoms with Gasteiger partial charge in [0.25, 0.3) is 0 Å². The molecule has 0 atom stereocenters. The second kappa shape index (κ2) is 6.81. The van der Waals surface area contributed by atoms with E-state index in [2.05, 4.69) is 15.2 Å². The summed E-state index contributed by atoms with van der Waals surface area (Å²) in [5, 5.41) is 8.25. The smallest absolute Gasteiger partial charge is 0.306 e. The molecule has 4 rings (SSSR count). The maximum Gasteiger partial charge on any atom is 0.316 e. The van der Waals surface area contributed by atoms with Crippen LogP contribution in [0.5, 0.6) is 0 Å². The highest BCUT2D eigenvalue weighted by Gasteiger charge is 2.54. The van der Waals surface area contributed by atoms with Gasteiger partial charge in [-0.3, -0.25) is 14.6 Å². The summed E-state index contributed by atoms with van der Waals surface area (Å²) in [6.07, 6.45) is 6.46. The van der Waals surface area contributed by atoms with Gasteiger partial charge in [0.2, 0.25) is 7.57 Å². The molecule has 4 heterocycles. The van der Waals surface area contributed by atoms with Crippen LogP contribution in [-0.4, -0.2) is 42.8 Å². The molecule has 134 valence electrons. The minimum absolute atomic E-state index is 0.158. The van der Waals surface area contributed by atoms with E-state index in [-0.39, 0.29) is 13.1 Å². The monoisotopic (exact) mass is 392 g/mol. The number of hydrogen-bond acceptors (Lipinski definition) is 6. The van der Waals surface area contributed by atoms with Gasteiger partial charge in [-0.2, -0.15) is 5.10 Å². The predicted molar refractivity (Wildman–Crippen MR) is 99.8 cm³/mol. The van der Waals surface area contributed by atoms with Gasteiger partial charge in [-0.25, -0.2) is 0 Å². The molecule has 0 bridgehead atoms. The molecule has 3 aromatic heterocycles. The van der Waals surface area contributed by atoms with E-state index in [4.69, 9.17) is 0 Å². The van der Waals surface area contributed by atoms with Gasteiger partial charge in [-0.05, 0) is 12.1 Å². The van der Waals surface area contributed by atoms with Crippen molar-refractivity contribution in [1.29, 1.82) is 0 Å². The fraction of sp³-hybridized carbons (Fsp3) is 0.312. The van der Waals surface area contributed by atoms with Crippen molar-refractivity contribution < 1.29 is 4.20 Å². The Hall–Kier alpha value is -2.25. The van der Waals surface area contributed by atoms with Crippen LogP contribution in [-0.2, 0) is 13.1 Å². The maximum absolute atomic E-state index is 13.8. The number of thiazole rings is 1. The lowest BCUT2D eigenvalue weighted by atomic mass is 10.3. The van der Waals surface area contributed by atoms with Crippen molar-refractivity contribution in [2.45, 2.75) is 13.1 Å². The van der Waals surface area contributed by atoms with Gasteiger partial charge >= 0.3 is 11.1 Å². The van der Waals surface area contributed by atoms with E-state index in [1.165, 1.54) is 20.5 Å². The molecule has 3 aromatic rings. The first-order chi connectivity index (χ1) is 12.5.